The molecule has 1 nitrogen and oxygen atoms in total. The molecule has 0 bridgehead atoms. The topological polar surface area (TPSA) is 12.0 Å². The molecule has 0 spiro atoms. The molecule has 0 radical (unpaired) electrons. The van der Waals surface area contributed by atoms with Gasteiger partial charge in [-0.25, -0.2) is 0 Å². The minimum Gasteiger partial charge on any atom is -0.307 e. The molecule has 0 aromatic heterocycles. The zero-order chi connectivity index (χ0) is 14.3. The first-order chi connectivity index (χ1) is 8.62. The van der Waals surface area contributed by atoms with Crippen LogP contribution in [0.4, 0.5) is 0 Å². The van der Waals surface area contributed by atoms with Crippen molar-refractivity contribution in [3.63, 3.8) is 0 Å². The standard InChI is InChI=1S/C18H35N/c1-16(2)12-15(13-17(3,4)19-16)18(5,6)14-10-8-7-9-11-14/h14-15,19H,7-13H2,1-6H3. The molecular formula is C18H35N. The van der Waals surface area contributed by atoms with E-state index >= 15 is 0 Å². The van der Waals surface area contributed by atoms with Crippen molar-refractivity contribution >= 4 is 0 Å². The van der Waals surface area contributed by atoms with E-state index in [-0.39, 0.29) is 0 Å². The number of nitrogens with one attached hydrogen (secondary N) is 1. The highest BCUT2D eigenvalue weighted by molar-refractivity contribution is 5.01. The number of rotatable bonds is 2. The van der Waals surface area contributed by atoms with Crippen LogP contribution in [-0.2, 0) is 0 Å². The summed E-state index contributed by atoms with van der Waals surface area (Å²) in [6.07, 6.45) is 10.0. The Morgan fingerprint density at radius 3 is 1.74 bits per heavy atom. The highest BCUT2D eigenvalue weighted by atomic mass is 15.0. The molecule has 1 heteroatoms. The van der Waals surface area contributed by atoms with Crippen molar-refractivity contribution in [2.24, 2.45) is 17.3 Å². The van der Waals surface area contributed by atoms with Crippen LogP contribution in [0.3, 0.4) is 0 Å². The molecule has 0 amide bonds. The maximum absolute atomic E-state index is 3.84. The smallest absolute Gasteiger partial charge is 0.0132 e. The molecule has 2 aliphatic rings. The average molecular weight is 265 g/mol. The third kappa shape index (κ3) is 3.54. The van der Waals surface area contributed by atoms with Gasteiger partial charge in [0, 0.05) is 11.1 Å². The first kappa shape index (κ1) is 15.4. The lowest BCUT2D eigenvalue weighted by Gasteiger charge is -2.53. The lowest BCUT2D eigenvalue weighted by atomic mass is 9.58. The molecule has 1 saturated heterocycles. The molecule has 1 saturated carbocycles. The Labute approximate surface area is 120 Å². The predicted octanol–water partition coefficient (Wildman–Crippen LogP) is 5.15. The molecule has 2 rings (SSSR count). The van der Waals surface area contributed by atoms with E-state index in [0.717, 1.165) is 11.8 Å². The third-order valence-electron chi connectivity index (χ3n) is 5.90. The molecule has 1 aliphatic carbocycles. The van der Waals surface area contributed by atoms with Gasteiger partial charge >= 0.3 is 0 Å². The summed E-state index contributed by atoms with van der Waals surface area (Å²) in [5, 5.41) is 3.84. The lowest BCUT2D eigenvalue weighted by Crippen LogP contribution is -2.60. The summed E-state index contributed by atoms with van der Waals surface area (Å²) in [5.41, 5.74) is 1.09. The second-order valence-electron chi connectivity index (χ2n) is 9.15. The van der Waals surface area contributed by atoms with Gasteiger partial charge in [-0.15, -0.1) is 0 Å². The summed E-state index contributed by atoms with van der Waals surface area (Å²) in [5.74, 6) is 1.82. The van der Waals surface area contributed by atoms with Gasteiger partial charge in [0.05, 0.1) is 0 Å². The molecular weight excluding hydrogens is 230 g/mol. The van der Waals surface area contributed by atoms with Crippen LogP contribution in [0.1, 0.15) is 86.5 Å². The predicted molar refractivity (Wildman–Crippen MR) is 84.4 cm³/mol. The fourth-order valence-corrected chi connectivity index (χ4v) is 5.03. The number of piperidine rings is 1. The van der Waals surface area contributed by atoms with Crippen LogP contribution >= 0.6 is 0 Å². The maximum atomic E-state index is 3.84. The SMILES string of the molecule is CC1(C)CC(C(C)(C)C2CCCCC2)CC(C)(C)N1. The Morgan fingerprint density at radius 1 is 0.789 bits per heavy atom. The van der Waals surface area contributed by atoms with E-state index < -0.39 is 0 Å². The highest BCUT2D eigenvalue weighted by Gasteiger charge is 2.46. The van der Waals surface area contributed by atoms with Crippen molar-refractivity contribution in [3.05, 3.63) is 0 Å². The molecule has 1 N–H and O–H groups in total. The van der Waals surface area contributed by atoms with E-state index in [1.165, 1.54) is 44.9 Å². The van der Waals surface area contributed by atoms with Gasteiger partial charge in [-0.3, -0.25) is 0 Å². The Balaban J connectivity index is 2.14. The van der Waals surface area contributed by atoms with Crippen LogP contribution in [0.15, 0.2) is 0 Å². The second kappa shape index (κ2) is 5.06. The first-order valence-corrected chi connectivity index (χ1v) is 8.42. The van der Waals surface area contributed by atoms with Gasteiger partial charge in [-0.2, -0.15) is 0 Å². The van der Waals surface area contributed by atoms with Gasteiger partial charge in [0.15, 0.2) is 0 Å². The molecule has 0 atom stereocenters. The second-order valence-corrected chi connectivity index (χ2v) is 9.15. The summed E-state index contributed by atoms with van der Waals surface area (Å²) in [4.78, 5) is 0. The van der Waals surface area contributed by atoms with Crippen molar-refractivity contribution < 1.29 is 0 Å². The van der Waals surface area contributed by atoms with Crippen LogP contribution in [0.2, 0.25) is 0 Å². The van der Waals surface area contributed by atoms with Gasteiger partial charge in [0.1, 0.15) is 0 Å². The molecule has 1 aliphatic heterocycles. The van der Waals surface area contributed by atoms with E-state index in [4.69, 9.17) is 0 Å². The van der Waals surface area contributed by atoms with Crippen molar-refractivity contribution in [1.82, 2.24) is 5.32 Å². The monoisotopic (exact) mass is 265 g/mol. The third-order valence-corrected chi connectivity index (χ3v) is 5.90. The molecule has 1 heterocycles. The Morgan fingerprint density at radius 2 is 1.26 bits per heavy atom. The van der Waals surface area contributed by atoms with Gasteiger partial charge in [-0.05, 0) is 70.6 Å². The normalized spacial score (nSPS) is 29.4. The van der Waals surface area contributed by atoms with E-state index in [1.807, 2.05) is 0 Å². The van der Waals surface area contributed by atoms with E-state index in [2.05, 4.69) is 46.9 Å². The molecule has 112 valence electrons. The minimum atomic E-state index is 0.290. The van der Waals surface area contributed by atoms with Crippen LogP contribution in [0.5, 0.6) is 0 Å². The average Bonchev–Trinajstić information content (AvgIpc) is 2.26. The van der Waals surface area contributed by atoms with Crippen LogP contribution in [-0.4, -0.2) is 11.1 Å². The molecule has 2 fully saturated rings. The van der Waals surface area contributed by atoms with Gasteiger partial charge in [0.25, 0.3) is 0 Å². The molecule has 0 unspecified atom stereocenters. The largest absolute Gasteiger partial charge is 0.307 e. The van der Waals surface area contributed by atoms with Crippen LogP contribution in [0, 0.1) is 17.3 Å². The van der Waals surface area contributed by atoms with Crippen molar-refractivity contribution in [2.45, 2.75) is 97.6 Å². The maximum Gasteiger partial charge on any atom is 0.0132 e. The lowest BCUT2D eigenvalue weighted by molar-refractivity contribution is 0.00457. The summed E-state index contributed by atoms with van der Waals surface area (Å²) < 4.78 is 0. The summed E-state index contributed by atoms with van der Waals surface area (Å²) in [7, 11) is 0. The van der Waals surface area contributed by atoms with Gasteiger partial charge in [0.2, 0.25) is 0 Å². The van der Waals surface area contributed by atoms with E-state index in [1.54, 1.807) is 0 Å². The fraction of sp³-hybridized carbons (Fsp3) is 1.00. The highest BCUT2D eigenvalue weighted by Crippen LogP contribution is 2.50. The van der Waals surface area contributed by atoms with Crippen LogP contribution in [0.25, 0.3) is 0 Å². The first-order valence-electron chi connectivity index (χ1n) is 8.42. The minimum absolute atomic E-state index is 0.290. The van der Waals surface area contributed by atoms with Gasteiger partial charge in [-0.1, -0.05) is 33.1 Å². The number of hydrogen-bond acceptors (Lipinski definition) is 1. The molecule has 0 aromatic carbocycles. The zero-order valence-electron chi connectivity index (χ0n) is 14.1. The summed E-state index contributed by atoms with van der Waals surface area (Å²) in [6, 6.07) is 0. The Hall–Kier alpha value is -0.0400. The summed E-state index contributed by atoms with van der Waals surface area (Å²) in [6.45, 7) is 14.7. The Bertz CT molecular complexity index is 292. The van der Waals surface area contributed by atoms with E-state index in [0.29, 0.717) is 16.5 Å². The van der Waals surface area contributed by atoms with E-state index in [9.17, 15) is 0 Å². The van der Waals surface area contributed by atoms with Gasteiger partial charge < -0.3 is 5.32 Å². The number of hydrogen-bond donors (Lipinski definition) is 1. The quantitative estimate of drug-likeness (QED) is 0.728. The van der Waals surface area contributed by atoms with Crippen molar-refractivity contribution in [2.75, 3.05) is 0 Å². The zero-order valence-corrected chi connectivity index (χ0v) is 14.1. The molecule has 0 aromatic rings. The summed E-state index contributed by atoms with van der Waals surface area (Å²) >= 11 is 0. The van der Waals surface area contributed by atoms with Crippen molar-refractivity contribution in [1.29, 1.82) is 0 Å². The van der Waals surface area contributed by atoms with Crippen molar-refractivity contribution in [3.8, 4) is 0 Å². The van der Waals surface area contributed by atoms with Crippen LogP contribution < -0.4 is 5.32 Å². The molecule has 19 heavy (non-hydrogen) atoms. The fourth-order valence-electron chi connectivity index (χ4n) is 5.03. The Kier molecular flexibility index (Phi) is 4.09.